The molecule has 130 valence electrons. The molecule has 24 heavy (non-hydrogen) atoms. The Morgan fingerprint density at radius 1 is 1.04 bits per heavy atom. The predicted octanol–water partition coefficient (Wildman–Crippen LogP) is 3.02. The number of furan rings is 1. The second kappa shape index (κ2) is 7.97. The number of hydrogen-bond acceptors (Lipinski definition) is 4. The lowest BCUT2D eigenvalue weighted by atomic mass is 9.85. The molecule has 0 amide bonds. The smallest absolute Gasteiger partial charge is 0.129 e. The molecule has 0 bridgehead atoms. The van der Waals surface area contributed by atoms with Crippen molar-refractivity contribution in [3.8, 4) is 0 Å². The van der Waals surface area contributed by atoms with Crippen molar-refractivity contribution >= 4 is 0 Å². The molecule has 3 rings (SSSR count). The van der Waals surface area contributed by atoms with Gasteiger partial charge in [0.15, 0.2) is 0 Å². The van der Waals surface area contributed by atoms with Crippen LogP contribution < -0.4 is 5.32 Å². The van der Waals surface area contributed by atoms with Crippen LogP contribution in [0.5, 0.6) is 0 Å². The quantitative estimate of drug-likeness (QED) is 0.856. The van der Waals surface area contributed by atoms with Crippen molar-refractivity contribution < 1.29 is 9.52 Å². The summed E-state index contributed by atoms with van der Waals surface area (Å²) < 4.78 is 5.57. The summed E-state index contributed by atoms with van der Waals surface area (Å²) in [5, 5.41) is 12.7. The zero-order valence-corrected chi connectivity index (χ0v) is 14.6. The molecule has 0 aliphatic carbocycles. The molecule has 0 saturated carbocycles. The van der Waals surface area contributed by atoms with E-state index in [-0.39, 0.29) is 6.61 Å². The molecule has 0 unspecified atom stereocenters. The van der Waals surface area contributed by atoms with Gasteiger partial charge in [0.25, 0.3) is 0 Å². The van der Waals surface area contributed by atoms with Gasteiger partial charge in [0.2, 0.25) is 0 Å². The van der Waals surface area contributed by atoms with Crippen molar-refractivity contribution in [1.82, 2.24) is 10.2 Å². The van der Waals surface area contributed by atoms with Crippen LogP contribution in [-0.2, 0) is 19.7 Å². The number of hydrogen-bond donors (Lipinski definition) is 2. The average molecular weight is 328 g/mol. The van der Waals surface area contributed by atoms with Gasteiger partial charge in [-0.1, -0.05) is 44.2 Å². The second-order valence-corrected chi connectivity index (χ2v) is 7.07. The number of piperidine rings is 1. The molecule has 4 heteroatoms. The summed E-state index contributed by atoms with van der Waals surface area (Å²) >= 11 is 0. The highest BCUT2D eigenvalue weighted by molar-refractivity contribution is 5.14. The lowest BCUT2D eigenvalue weighted by molar-refractivity contribution is 0.0927. The van der Waals surface area contributed by atoms with E-state index >= 15 is 0 Å². The number of nitrogens with one attached hydrogen (secondary N) is 1. The Morgan fingerprint density at radius 2 is 1.71 bits per heavy atom. The first-order valence-electron chi connectivity index (χ1n) is 8.84. The molecule has 2 N–H and O–H groups in total. The Morgan fingerprint density at radius 3 is 2.33 bits per heavy atom. The van der Waals surface area contributed by atoms with Crippen LogP contribution in [0.4, 0.5) is 0 Å². The highest BCUT2D eigenvalue weighted by Crippen LogP contribution is 2.24. The van der Waals surface area contributed by atoms with Crippen molar-refractivity contribution in [2.24, 2.45) is 11.8 Å². The van der Waals surface area contributed by atoms with Gasteiger partial charge in [0, 0.05) is 25.7 Å². The van der Waals surface area contributed by atoms with Gasteiger partial charge >= 0.3 is 0 Å². The first-order valence-corrected chi connectivity index (χ1v) is 8.84. The standard InChI is InChI=1S/C20H28N2O2/c1-15-11-22(13-17-6-4-3-5-7-17)12-16(2)20(15)21-10-18-8-9-19(14-23)24-18/h3-9,15-16,20-21,23H,10-14H2,1-2H3/t15-,16-/m0/s1. The predicted molar refractivity (Wildman–Crippen MR) is 95.3 cm³/mol. The molecular formula is C20H28N2O2. The maximum absolute atomic E-state index is 9.08. The van der Waals surface area contributed by atoms with Gasteiger partial charge in [0.05, 0.1) is 6.54 Å². The zero-order chi connectivity index (χ0) is 16.9. The van der Waals surface area contributed by atoms with Crippen LogP contribution in [0.1, 0.15) is 30.9 Å². The Bertz CT molecular complexity index is 614. The van der Waals surface area contributed by atoms with E-state index in [2.05, 4.69) is 54.4 Å². The van der Waals surface area contributed by atoms with E-state index in [0.29, 0.717) is 23.6 Å². The summed E-state index contributed by atoms with van der Waals surface area (Å²) in [4.78, 5) is 2.56. The van der Waals surface area contributed by atoms with Crippen LogP contribution >= 0.6 is 0 Å². The van der Waals surface area contributed by atoms with Gasteiger partial charge in [0.1, 0.15) is 18.1 Å². The molecule has 1 aliphatic heterocycles. The first kappa shape index (κ1) is 17.2. The van der Waals surface area contributed by atoms with Crippen molar-refractivity contribution in [3.05, 3.63) is 59.5 Å². The minimum Gasteiger partial charge on any atom is -0.462 e. The number of benzene rings is 1. The number of aliphatic hydroxyl groups is 1. The van der Waals surface area contributed by atoms with Gasteiger partial charge in [-0.2, -0.15) is 0 Å². The van der Waals surface area contributed by atoms with Crippen LogP contribution in [0.15, 0.2) is 46.9 Å². The minimum absolute atomic E-state index is 0.0370. The lowest BCUT2D eigenvalue weighted by Crippen LogP contribution is -2.52. The molecule has 1 aromatic carbocycles. The van der Waals surface area contributed by atoms with Crippen LogP contribution in [0.3, 0.4) is 0 Å². The van der Waals surface area contributed by atoms with Crippen molar-refractivity contribution in [2.45, 2.75) is 39.6 Å². The summed E-state index contributed by atoms with van der Waals surface area (Å²) in [6, 6.07) is 15.0. The van der Waals surface area contributed by atoms with E-state index in [4.69, 9.17) is 9.52 Å². The summed E-state index contributed by atoms with van der Waals surface area (Å²) in [7, 11) is 0. The number of likely N-dealkylation sites (tertiary alicyclic amines) is 1. The second-order valence-electron chi connectivity index (χ2n) is 7.07. The van der Waals surface area contributed by atoms with Crippen LogP contribution in [-0.4, -0.2) is 29.1 Å². The number of rotatable bonds is 6. The van der Waals surface area contributed by atoms with Gasteiger partial charge in [-0.25, -0.2) is 0 Å². The fourth-order valence-electron chi connectivity index (χ4n) is 3.87. The summed E-state index contributed by atoms with van der Waals surface area (Å²) in [6.07, 6.45) is 0. The molecule has 1 aliphatic rings. The van der Waals surface area contributed by atoms with Gasteiger partial charge < -0.3 is 14.8 Å². The molecule has 2 heterocycles. The highest BCUT2D eigenvalue weighted by Gasteiger charge is 2.31. The third-order valence-corrected chi connectivity index (χ3v) is 4.95. The molecular weight excluding hydrogens is 300 g/mol. The molecule has 4 nitrogen and oxygen atoms in total. The van der Waals surface area contributed by atoms with E-state index < -0.39 is 0 Å². The van der Waals surface area contributed by atoms with Gasteiger partial charge in [-0.05, 0) is 29.5 Å². The van der Waals surface area contributed by atoms with Crippen LogP contribution in [0.2, 0.25) is 0 Å². The summed E-state index contributed by atoms with van der Waals surface area (Å²) in [6.45, 7) is 8.58. The number of aliphatic hydroxyl groups excluding tert-OH is 1. The summed E-state index contributed by atoms with van der Waals surface area (Å²) in [5.74, 6) is 2.70. The monoisotopic (exact) mass is 328 g/mol. The average Bonchev–Trinajstić information content (AvgIpc) is 3.03. The molecule has 0 radical (unpaired) electrons. The zero-order valence-electron chi connectivity index (χ0n) is 14.6. The maximum Gasteiger partial charge on any atom is 0.129 e. The van der Waals surface area contributed by atoms with Crippen LogP contribution in [0, 0.1) is 11.8 Å². The van der Waals surface area contributed by atoms with Crippen molar-refractivity contribution in [2.75, 3.05) is 13.1 Å². The fourth-order valence-corrected chi connectivity index (χ4v) is 3.87. The Labute approximate surface area is 144 Å². The molecule has 1 fully saturated rings. The summed E-state index contributed by atoms with van der Waals surface area (Å²) in [5.41, 5.74) is 1.38. The molecule has 2 aromatic rings. The van der Waals surface area contributed by atoms with E-state index in [0.717, 1.165) is 31.9 Å². The SMILES string of the molecule is C[C@H]1CN(Cc2ccccc2)C[C@H](C)C1NCc1ccc(CO)o1. The first-order chi connectivity index (χ1) is 11.7. The molecule has 0 spiro atoms. The topological polar surface area (TPSA) is 48.6 Å². The largest absolute Gasteiger partial charge is 0.462 e. The van der Waals surface area contributed by atoms with Crippen molar-refractivity contribution in [3.63, 3.8) is 0 Å². The minimum atomic E-state index is -0.0370. The van der Waals surface area contributed by atoms with E-state index in [1.54, 1.807) is 0 Å². The van der Waals surface area contributed by atoms with Crippen LogP contribution in [0.25, 0.3) is 0 Å². The third-order valence-electron chi connectivity index (χ3n) is 4.95. The van der Waals surface area contributed by atoms with E-state index in [9.17, 15) is 0 Å². The van der Waals surface area contributed by atoms with E-state index in [1.807, 2.05) is 12.1 Å². The van der Waals surface area contributed by atoms with E-state index in [1.165, 1.54) is 5.56 Å². The Hall–Kier alpha value is -1.62. The van der Waals surface area contributed by atoms with Gasteiger partial charge in [-0.3, -0.25) is 4.90 Å². The molecule has 1 aromatic heterocycles. The van der Waals surface area contributed by atoms with Gasteiger partial charge in [-0.15, -0.1) is 0 Å². The Kier molecular flexibility index (Phi) is 5.72. The van der Waals surface area contributed by atoms with Crippen molar-refractivity contribution in [1.29, 1.82) is 0 Å². The lowest BCUT2D eigenvalue weighted by Gasteiger charge is -2.42. The highest BCUT2D eigenvalue weighted by atomic mass is 16.4. The fraction of sp³-hybridized carbons (Fsp3) is 0.500. The maximum atomic E-state index is 9.08. The molecule has 2 atom stereocenters. The molecule has 1 saturated heterocycles. The normalized spacial score (nSPS) is 22.8. The third kappa shape index (κ3) is 4.26. The Balaban J connectivity index is 1.53. The number of nitrogens with zero attached hydrogens (tertiary/aromatic N) is 1.